The van der Waals surface area contributed by atoms with Gasteiger partial charge < -0.3 is 0 Å². The van der Waals surface area contributed by atoms with Gasteiger partial charge in [-0.15, -0.1) is 0 Å². The van der Waals surface area contributed by atoms with E-state index >= 15 is 0 Å². The fraction of sp³-hybridized carbons (Fsp3) is 0. The molecule has 0 radical (unpaired) electrons. The van der Waals surface area contributed by atoms with Gasteiger partial charge in [-0.2, -0.15) is 0 Å². The van der Waals surface area contributed by atoms with Gasteiger partial charge in [-0.05, 0) is 40.1 Å². The lowest BCUT2D eigenvalue weighted by Crippen LogP contribution is -1.90. The van der Waals surface area contributed by atoms with E-state index in [0.717, 1.165) is 22.6 Å². The Kier molecular flexibility index (Phi) is 2.84. The number of carbonyl (C=O) groups is 1. The molecule has 0 aromatic heterocycles. The lowest BCUT2D eigenvalue weighted by Gasteiger charge is -2.09. The molecular weight excluding hydrogens is 239 g/mol. The van der Waals surface area contributed by atoms with Crippen LogP contribution in [0.4, 0.5) is 4.39 Å². The highest BCUT2D eigenvalue weighted by Crippen LogP contribution is 2.30. The molecule has 2 heteroatoms. The molecule has 19 heavy (non-hydrogen) atoms. The fourth-order valence-corrected chi connectivity index (χ4v) is 2.32. The molecule has 0 N–H and O–H groups in total. The Morgan fingerprint density at radius 1 is 0.842 bits per heavy atom. The normalized spacial score (nSPS) is 10.6. The number of halogens is 1. The van der Waals surface area contributed by atoms with Crippen molar-refractivity contribution in [3.63, 3.8) is 0 Å². The summed E-state index contributed by atoms with van der Waals surface area (Å²) < 4.78 is 13.5. The Morgan fingerprint density at radius 3 is 2.47 bits per heavy atom. The Morgan fingerprint density at radius 2 is 1.63 bits per heavy atom. The van der Waals surface area contributed by atoms with Gasteiger partial charge in [0, 0.05) is 5.56 Å². The van der Waals surface area contributed by atoms with Crippen LogP contribution in [-0.2, 0) is 0 Å². The van der Waals surface area contributed by atoms with Crippen LogP contribution in [0.3, 0.4) is 0 Å². The lowest BCUT2D eigenvalue weighted by atomic mass is 9.95. The SMILES string of the molecule is O=Cc1ccc(F)cc1-c1cccc2ccccc12. The first-order valence-corrected chi connectivity index (χ1v) is 6.02. The number of aldehydes is 1. The second-order valence-electron chi connectivity index (χ2n) is 4.38. The largest absolute Gasteiger partial charge is 0.298 e. The molecule has 0 heterocycles. The summed E-state index contributed by atoms with van der Waals surface area (Å²) in [5.74, 6) is -0.339. The summed E-state index contributed by atoms with van der Waals surface area (Å²) in [5.41, 5.74) is 2.00. The van der Waals surface area contributed by atoms with Crippen LogP contribution >= 0.6 is 0 Å². The highest BCUT2D eigenvalue weighted by Gasteiger charge is 2.09. The predicted octanol–water partition coefficient (Wildman–Crippen LogP) is 4.46. The van der Waals surface area contributed by atoms with Gasteiger partial charge in [0.1, 0.15) is 5.82 Å². The van der Waals surface area contributed by atoms with Gasteiger partial charge in [-0.1, -0.05) is 42.5 Å². The number of carbonyl (C=O) groups excluding carboxylic acids is 1. The molecule has 92 valence electrons. The summed E-state index contributed by atoms with van der Waals surface area (Å²) in [6, 6.07) is 17.9. The van der Waals surface area contributed by atoms with Crippen molar-refractivity contribution in [3.8, 4) is 11.1 Å². The van der Waals surface area contributed by atoms with Gasteiger partial charge in [0.05, 0.1) is 0 Å². The Labute approximate surface area is 110 Å². The average molecular weight is 250 g/mol. The minimum absolute atomic E-state index is 0.339. The van der Waals surface area contributed by atoms with Crippen molar-refractivity contribution in [1.82, 2.24) is 0 Å². The van der Waals surface area contributed by atoms with Crippen LogP contribution in [0.1, 0.15) is 10.4 Å². The average Bonchev–Trinajstić information content (AvgIpc) is 2.46. The van der Waals surface area contributed by atoms with Crippen LogP contribution < -0.4 is 0 Å². The van der Waals surface area contributed by atoms with Crippen LogP contribution in [0.2, 0.25) is 0 Å². The van der Waals surface area contributed by atoms with Crippen LogP contribution in [0.15, 0.2) is 60.7 Å². The minimum atomic E-state index is -0.339. The maximum absolute atomic E-state index is 13.5. The number of hydrogen-bond acceptors (Lipinski definition) is 1. The first-order chi connectivity index (χ1) is 9.29. The van der Waals surface area contributed by atoms with Gasteiger partial charge in [-0.3, -0.25) is 4.79 Å². The standard InChI is InChI=1S/C17H11FO/c18-14-9-8-13(11-19)17(10-14)16-7-3-5-12-4-1-2-6-15(12)16/h1-11H. The number of benzene rings is 3. The van der Waals surface area contributed by atoms with E-state index in [0.29, 0.717) is 11.1 Å². The molecule has 0 amide bonds. The topological polar surface area (TPSA) is 17.1 Å². The maximum Gasteiger partial charge on any atom is 0.150 e. The Hall–Kier alpha value is -2.48. The molecule has 0 aliphatic rings. The van der Waals surface area contributed by atoms with Crippen molar-refractivity contribution >= 4 is 17.1 Å². The number of hydrogen-bond donors (Lipinski definition) is 0. The summed E-state index contributed by atoms with van der Waals surface area (Å²) in [4.78, 5) is 11.1. The molecule has 0 atom stereocenters. The minimum Gasteiger partial charge on any atom is -0.298 e. The monoisotopic (exact) mass is 250 g/mol. The second kappa shape index (κ2) is 4.65. The molecule has 0 spiro atoms. The maximum atomic E-state index is 13.5. The van der Waals surface area contributed by atoms with Gasteiger partial charge in [-0.25, -0.2) is 4.39 Å². The zero-order chi connectivity index (χ0) is 13.2. The van der Waals surface area contributed by atoms with Crippen molar-refractivity contribution < 1.29 is 9.18 Å². The molecule has 0 aliphatic carbocycles. The fourth-order valence-electron chi connectivity index (χ4n) is 2.32. The molecule has 0 fully saturated rings. The van der Waals surface area contributed by atoms with E-state index in [1.807, 2.05) is 42.5 Å². The molecule has 3 rings (SSSR count). The molecule has 1 nitrogen and oxygen atoms in total. The van der Waals surface area contributed by atoms with E-state index in [4.69, 9.17) is 0 Å². The summed E-state index contributed by atoms with van der Waals surface area (Å²) in [6.45, 7) is 0. The van der Waals surface area contributed by atoms with Crippen molar-refractivity contribution in [1.29, 1.82) is 0 Å². The van der Waals surface area contributed by atoms with Crippen molar-refractivity contribution in [2.75, 3.05) is 0 Å². The third kappa shape index (κ3) is 2.02. The van der Waals surface area contributed by atoms with Crippen LogP contribution in [0, 0.1) is 5.82 Å². The Balaban J connectivity index is 2.36. The van der Waals surface area contributed by atoms with E-state index in [-0.39, 0.29) is 5.82 Å². The summed E-state index contributed by atoms with van der Waals surface area (Å²) in [7, 11) is 0. The van der Waals surface area contributed by atoms with Gasteiger partial charge in [0.25, 0.3) is 0 Å². The van der Waals surface area contributed by atoms with E-state index in [1.54, 1.807) is 0 Å². The molecule has 0 bridgehead atoms. The summed E-state index contributed by atoms with van der Waals surface area (Å²) in [5, 5.41) is 2.08. The molecule has 0 saturated heterocycles. The molecule has 0 saturated carbocycles. The van der Waals surface area contributed by atoms with Crippen molar-refractivity contribution in [2.45, 2.75) is 0 Å². The van der Waals surface area contributed by atoms with Crippen LogP contribution in [0.5, 0.6) is 0 Å². The molecule has 3 aromatic rings. The summed E-state index contributed by atoms with van der Waals surface area (Å²) in [6.07, 6.45) is 0.760. The quantitative estimate of drug-likeness (QED) is 0.614. The van der Waals surface area contributed by atoms with Crippen molar-refractivity contribution in [2.24, 2.45) is 0 Å². The first kappa shape index (κ1) is 11.6. The van der Waals surface area contributed by atoms with E-state index in [9.17, 15) is 9.18 Å². The zero-order valence-electron chi connectivity index (χ0n) is 10.1. The van der Waals surface area contributed by atoms with Crippen LogP contribution in [-0.4, -0.2) is 6.29 Å². The van der Waals surface area contributed by atoms with Crippen molar-refractivity contribution in [3.05, 3.63) is 72.0 Å². The Bertz CT molecular complexity index is 757. The summed E-state index contributed by atoms with van der Waals surface area (Å²) >= 11 is 0. The van der Waals surface area contributed by atoms with Gasteiger partial charge >= 0.3 is 0 Å². The van der Waals surface area contributed by atoms with Gasteiger partial charge in [0.2, 0.25) is 0 Å². The predicted molar refractivity (Wildman–Crippen MR) is 74.7 cm³/mol. The molecule has 0 unspecified atom stereocenters. The third-order valence-corrected chi connectivity index (χ3v) is 3.22. The second-order valence-corrected chi connectivity index (χ2v) is 4.38. The molecule has 3 aromatic carbocycles. The first-order valence-electron chi connectivity index (χ1n) is 6.02. The van der Waals surface area contributed by atoms with Crippen LogP contribution in [0.25, 0.3) is 21.9 Å². The number of rotatable bonds is 2. The molecule has 0 aliphatic heterocycles. The molecular formula is C17H11FO. The van der Waals surface area contributed by atoms with E-state index in [2.05, 4.69) is 0 Å². The smallest absolute Gasteiger partial charge is 0.150 e. The van der Waals surface area contributed by atoms with Gasteiger partial charge in [0.15, 0.2) is 6.29 Å². The number of fused-ring (bicyclic) bond motifs is 1. The lowest BCUT2D eigenvalue weighted by molar-refractivity contribution is 0.112. The van der Waals surface area contributed by atoms with E-state index in [1.165, 1.54) is 18.2 Å². The zero-order valence-corrected chi connectivity index (χ0v) is 10.1. The highest BCUT2D eigenvalue weighted by molar-refractivity contribution is 6.00. The third-order valence-electron chi connectivity index (χ3n) is 3.22. The van der Waals surface area contributed by atoms with E-state index < -0.39 is 0 Å². The highest BCUT2D eigenvalue weighted by atomic mass is 19.1.